The van der Waals surface area contributed by atoms with Crippen molar-refractivity contribution in [3.63, 3.8) is 0 Å². The first-order chi connectivity index (χ1) is 16.3. The fraction of sp³-hybridized carbons (Fsp3) is 0.208. The second kappa shape index (κ2) is 9.52. The summed E-state index contributed by atoms with van der Waals surface area (Å²) in [5.41, 5.74) is 2.36. The lowest BCUT2D eigenvalue weighted by molar-refractivity contribution is -0.384. The van der Waals surface area contributed by atoms with Crippen molar-refractivity contribution in [1.29, 1.82) is 0 Å². The monoisotopic (exact) mass is 479 g/mol. The number of nitro groups is 1. The maximum atomic E-state index is 12.9. The van der Waals surface area contributed by atoms with Crippen molar-refractivity contribution in [3.05, 3.63) is 80.9 Å². The van der Waals surface area contributed by atoms with Gasteiger partial charge in [-0.25, -0.2) is 4.79 Å². The number of aromatic nitrogens is 1. The average Bonchev–Trinajstić information content (AvgIpc) is 3.30. The van der Waals surface area contributed by atoms with Crippen LogP contribution in [-0.2, 0) is 20.9 Å². The van der Waals surface area contributed by atoms with Gasteiger partial charge in [-0.3, -0.25) is 24.6 Å². The third kappa shape index (κ3) is 4.44. The summed E-state index contributed by atoms with van der Waals surface area (Å²) < 4.78 is 6.88. The van der Waals surface area contributed by atoms with Crippen molar-refractivity contribution in [3.8, 4) is 0 Å². The molecule has 0 bridgehead atoms. The number of rotatable bonds is 7. The fourth-order valence-corrected chi connectivity index (χ4v) is 4.71. The van der Waals surface area contributed by atoms with E-state index < -0.39 is 28.1 Å². The van der Waals surface area contributed by atoms with Gasteiger partial charge in [0, 0.05) is 41.3 Å². The fourth-order valence-electron chi connectivity index (χ4n) is 3.81. The largest absolute Gasteiger partial charge is 0.464 e. The lowest BCUT2D eigenvalue weighted by Gasteiger charge is -2.19. The number of nitro benzene ring substituents is 1. The first kappa shape index (κ1) is 23.2. The molecule has 1 aliphatic rings. The number of fused-ring (bicyclic) bond motifs is 1. The molecule has 0 spiro atoms. The minimum Gasteiger partial charge on any atom is -0.464 e. The number of benzene rings is 2. The second-order valence-electron chi connectivity index (χ2n) is 7.64. The molecule has 3 aromatic rings. The van der Waals surface area contributed by atoms with Crippen LogP contribution in [0.4, 0.5) is 10.5 Å². The zero-order valence-electron chi connectivity index (χ0n) is 18.5. The number of ether oxygens (including phenoxy) is 1. The van der Waals surface area contributed by atoms with Crippen LogP contribution < -0.4 is 0 Å². The third-order valence-electron chi connectivity index (χ3n) is 5.42. The van der Waals surface area contributed by atoms with Crippen molar-refractivity contribution < 1.29 is 24.0 Å². The number of carbonyl (C=O) groups is 3. The molecule has 0 unspecified atom stereocenters. The molecular formula is C24H21N3O6S. The Morgan fingerprint density at radius 1 is 1.21 bits per heavy atom. The van der Waals surface area contributed by atoms with E-state index in [0.717, 1.165) is 38.7 Å². The van der Waals surface area contributed by atoms with E-state index in [-0.39, 0.29) is 17.2 Å². The number of nitrogens with zero attached hydrogens (tertiary/aromatic N) is 3. The number of thioether (sulfide) groups is 1. The molecule has 0 N–H and O–H groups in total. The van der Waals surface area contributed by atoms with Gasteiger partial charge in [0.2, 0.25) is 0 Å². The van der Waals surface area contributed by atoms with E-state index in [2.05, 4.69) is 0 Å². The van der Waals surface area contributed by atoms with Crippen LogP contribution in [0.2, 0.25) is 0 Å². The molecule has 2 heterocycles. The van der Waals surface area contributed by atoms with Gasteiger partial charge in [-0.15, -0.1) is 0 Å². The van der Waals surface area contributed by atoms with Crippen molar-refractivity contribution in [1.82, 2.24) is 9.47 Å². The first-order valence-corrected chi connectivity index (χ1v) is 11.4. The summed E-state index contributed by atoms with van der Waals surface area (Å²) in [5, 5.41) is 11.5. The molecule has 0 radical (unpaired) electrons. The minimum atomic E-state index is -1.02. The van der Waals surface area contributed by atoms with Crippen LogP contribution in [0, 0.1) is 10.1 Å². The van der Waals surface area contributed by atoms with Crippen LogP contribution in [-0.4, -0.2) is 44.2 Å². The number of non-ortho nitro benzene ring substituents is 1. The predicted octanol–water partition coefficient (Wildman–Crippen LogP) is 4.59. The zero-order chi connectivity index (χ0) is 24.4. The summed E-state index contributed by atoms with van der Waals surface area (Å²) in [7, 11) is 0. The van der Waals surface area contributed by atoms with Crippen LogP contribution in [0.15, 0.2) is 59.6 Å². The molecule has 9 nitrogen and oxygen atoms in total. The van der Waals surface area contributed by atoms with Crippen molar-refractivity contribution in [2.24, 2.45) is 0 Å². The van der Waals surface area contributed by atoms with E-state index in [1.807, 2.05) is 41.1 Å². The Kier molecular flexibility index (Phi) is 6.51. The zero-order valence-corrected chi connectivity index (χ0v) is 19.3. The third-order valence-corrected chi connectivity index (χ3v) is 6.30. The SMILES string of the molecule is CCOC(=O)[C@@H](C)N1C(=O)S/C(=C/c2cn(Cc3cccc([N+](=O)[O-])c3)c3ccccc23)C1=O. The molecule has 4 rings (SSSR count). The van der Waals surface area contributed by atoms with Gasteiger partial charge in [-0.2, -0.15) is 0 Å². The number of amides is 2. The van der Waals surface area contributed by atoms with Gasteiger partial charge in [0.25, 0.3) is 16.8 Å². The Labute approximate surface area is 199 Å². The Morgan fingerprint density at radius 2 is 1.97 bits per heavy atom. The molecule has 0 saturated carbocycles. The number of hydrogen-bond donors (Lipinski definition) is 0. The second-order valence-corrected chi connectivity index (χ2v) is 8.63. The lowest BCUT2D eigenvalue weighted by atomic mass is 10.1. The quantitative estimate of drug-likeness (QED) is 0.211. The summed E-state index contributed by atoms with van der Waals surface area (Å²) >= 11 is 0.774. The summed E-state index contributed by atoms with van der Waals surface area (Å²) in [4.78, 5) is 49.3. The van der Waals surface area contributed by atoms with Gasteiger partial charge < -0.3 is 9.30 Å². The Bertz CT molecular complexity index is 1350. The van der Waals surface area contributed by atoms with E-state index in [4.69, 9.17) is 4.74 Å². The Balaban J connectivity index is 1.67. The highest BCUT2D eigenvalue weighted by Crippen LogP contribution is 2.35. The number of carbonyl (C=O) groups excluding carboxylic acids is 3. The molecule has 2 aromatic carbocycles. The molecule has 0 aliphatic carbocycles. The smallest absolute Gasteiger partial charge is 0.329 e. The number of imide groups is 1. The van der Waals surface area contributed by atoms with Crippen LogP contribution >= 0.6 is 11.8 Å². The molecule has 1 fully saturated rings. The van der Waals surface area contributed by atoms with Crippen molar-refractivity contribution in [2.45, 2.75) is 26.4 Å². The normalized spacial score (nSPS) is 15.8. The van der Waals surface area contributed by atoms with E-state index in [0.29, 0.717) is 6.54 Å². The summed E-state index contributed by atoms with van der Waals surface area (Å²) in [6, 6.07) is 13.0. The molecular weight excluding hydrogens is 458 g/mol. The lowest BCUT2D eigenvalue weighted by Crippen LogP contribution is -2.42. The van der Waals surface area contributed by atoms with E-state index in [9.17, 15) is 24.5 Å². The molecule has 1 atom stereocenters. The highest BCUT2D eigenvalue weighted by molar-refractivity contribution is 8.18. The van der Waals surface area contributed by atoms with Gasteiger partial charge in [0.05, 0.1) is 16.4 Å². The van der Waals surface area contributed by atoms with Gasteiger partial charge >= 0.3 is 5.97 Å². The van der Waals surface area contributed by atoms with Crippen LogP contribution in [0.5, 0.6) is 0 Å². The molecule has 1 aliphatic heterocycles. The maximum absolute atomic E-state index is 12.9. The number of para-hydroxylation sites is 1. The molecule has 1 aromatic heterocycles. The van der Waals surface area contributed by atoms with Crippen molar-refractivity contribution in [2.75, 3.05) is 6.61 Å². The minimum absolute atomic E-state index is 0.0126. The summed E-state index contributed by atoms with van der Waals surface area (Å²) in [6.45, 7) is 3.65. The summed E-state index contributed by atoms with van der Waals surface area (Å²) in [5.74, 6) is -1.19. The Hall–Kier alpha value is -3.92. The molecule has 34 heavy (non-hydrogen) atoms. The van der Waals surface area contributed by atoms with Crippen molar-refractivity contribution >= 4 is 51.5 Å². The molecule has 1 saturated heterocycles. The van der Waals surface area contributed by atoms with Crippen LogP contribution in [0.1, 0.15) is 25.0 Å². The van der Waals surface area contributed by atoms with Gasteiger partial charge in [-0.05, 0) is 43.3 Å². The highest BCUT2D eigenvalue weighted by atomic mass is 32.2. The first-order valence-electron chi connectivity index (χ1n) is 10.5. The maximum Gasteiger partial charge on any atom is 0.329 e. The Morgan fingerprint density at radius 3 is 2.71 bits per heavy atom. The van der Waals surface area contributed by atoms with E-state index in [1.165, 1.54) is 19.1 Å². The molecule has 174 valence electrons. The highest BCUT2D eigenvalue weighted by Gasteiger charge is 2.41. The van der Waals surface area contributed by atoms with Gasteiger partial charge in [-0.1, -0.05) is 30.3 Å². The summed E-state index contributed by atoms with van der Waals surface area (Å²) in [6.07, 6.45) is 3.47. The molecule has 2 amide bonds. The average molecular weight is 480 g/mol. The van der Waals surface area contributed by atoms with Crippen LogP contribution in [0.3, 0.4) is 0 Å². The van der Waals surface area contributed by atoms with E-state index in [1.54, 1.807) is 19.1 Å². The van der Waals surface area contributed by atoms with E-state index >= 15 is 0 Å². The number of hydrogen-bond acceptors (Lipinski definition) is 7. The predicted molar refractivity (Wildman–Crippen MR) is 128 cm³/mol. The number of esters is 1. The standard InChI is InChI=1S/C24H21N3O6S/c1-3-33-23(29)15(2)26-22(28)21(34-24(26)30)12-17-14-25(20-10-5-4-9-19(17)20)13-16-7-6-8-18(11-16)27(31)32/h4-12,14-15H,3,13H2,1-2H3/b21-12+/t15-/m1/s1. The van der Waals surface area contributed by atoms with Gasteiger partial charge in [0.1, 0.15) is 6.04 Å². The van der Waals surface area contributed by atoms with Gasteiger partial charge in [0.15, 0.2) is 0 Å². The molecule has 10 heteroatoms. The topological polar surface area (TPSA) is 112 Å². The van der Waals surface area contributed by atoms with Crippen LogP contribution in [0.25, 0.3) is 17.0 Å².